The van der Waals surface area contributed by atoms with E-state index in [4.69, 9.17) is 4.74 Å². The Hall–Kier alpha value is -1.07. The van der Waals surface area contributed by atoms with Crippen LogP contribution in [0.5, 0.6) is 5.75 Å². The number of nitrogens with one attached hydrogen (secondary N) is 1. The Balaban J connectivity index is 2.46. The molecule has 0 bridgehead atoms. The van der Waals surface area contributed by atoms with Crippen LogP contribution in [0.25, 0.3) is 0 Å². The molecule has 0 amide bonds. The van der Waals surface area contributed by atoms with Gasteiger partial charge in [0.05, 0.1) is 12.4 Å². The highest BCUT2D eigenvalue weighted by Crippen LogP contribution is 2.38. The predicted octanol–water partition coefficient (Wildman–Crippen LogP) is 2.49. The maximum absolute atomic E-state index is 13.1. The van der Waals surface area contributed by atoms with Crippen LogP contribution in [0.4, 0.5) is 0 Å². The van der Waals surface area contributed by atoms with Crippen LogP contribution in [-0.2, 0) is 9.84 Å². The molecule has 21 heavy (non-hydrogen) atoms. The van der Waals surface area contributed by atoms with Crippen molar-refractivity contribution in [3.8, 4) is 5.75 Å². The Morgan fingerprint density at radius 1 is 1.19 bits per heavy atom. The lowest BCUT2D eigenvalue weighted by Crippen LogP contribution is -2.50. The second-order valence-corrected chi connectivity index (χ2v) is 8.18. The summed E-state index contributed by atoms with van der Waals surface area (Å²) in [5.41, 5.74) is 0. The Morgan fingerprint density at radius 3 is 2.48 bits per heavy atom. The zero-order valence-corrected chi connectivity index (χ0v) is 14.0. The number of rotatable bonds is 4. The highest BCUT2D eigenvalue weighted by molar-refractivity contribution is 7.92. The van der Waals surface area contributed by atoms with Crippen LogP contribution >= 0.6 is 0 Å². The molecule has 5 heteroatoms. The highest BCUT2D eigenvalue weighted by Gasteiger charge is 2.43. The summed E-state index contributed by atoms with van der Waals surface area (Å²) in [7, 11) is -0.0686. The molecule has 1 saturated carbocycles. The van der Waals surface area contributed by atoms with Crippen molar-refractivity contribution in [2.24, 2.45) is 11.8 Å². The zero-order chi connectivity index (χ0) is 15.6. The molecular weight excluding hydrogens is 286 g/mol. The third-order valence-corrected chi connectivity index (χ3v) is 6.95. The monoisotopic (exact) mass is 311 g/mol. The molecule has 1 fully saturated rings. The van der Waals surface area contributed by atoms with E-state index < -0.39 is 15.1 Å². The summed E-state index contributed by atoms with van der Waals surface area (Å²) >= 11 is 0. The van der Waals surface area contributed by atoms with E-state index in [0.29, 0.717) is 16.6 Å². The van der Waals surface area contributed by atoms with Gasteiger partial charge < -0.3 is 10.1 Å². The Morgan fingerprint density at radius 2 is 1.86 bits per heavy atom. The zero-order valence-electron chi connectivity index (χ0n) is 13.2. The molecule has 118 valence electrons. The third-order valence-electron chi connectivity index (χ3n) is 4.49. The average molecular weight is 311 g/mol. The van der Waals surface area contributed by atoms with Crippen molar-refractivity contribution in [2.45, 2.75) is 42.9 Å². The van der Waals surface area contributed by atoms with Gasteiger partial charge in [0, 0.05) is 6.04 Å². The number of para-hydroxylation sites is 1. The fraction of sp³-hybridized carbons (Fsp3) is 0.625. The molecule has 1 aromatic carbocycles. The van der Waals surface area contributed by atoms with Gasteiger partial charge in [-0.15, -0.1) is 0 Å². The van der Waals surface area contributed by atoms with Gasteiger partial charge in [0.25, 0.3) is 0 Å². The number of methoxy groups -OCH3 is 1. The smallest absolute Gasteiger partial charge is 0.186 e. The topological polar surface area (TPSA) is 55.4 Å². The molecule has 0 spiro atoms. The van der Waals surface area contributed by atoms with Gasteiger partial charge in [0.15, 0.2) is 9.84 Å². The molecule has 4 atom stereocenters. The van der Waals surface area contributed by atoms with Gasteiger partial charge in [-0.05, 0) is 43.9 Å². The normalized spacial score (nSPS) is 30.1. The second kappa shape index (κ2) is 6.36. The van der Waals surface area contributed by atoms with Crippen molar-refractivity contribution < 1.29 is 13.2 Å². The third kappa shape index (κ3) is 3.09. The van der Waals surface area contributed by atoms with Crippen LogP contribution in [0, 0.1) is 11.8 Å². The van der Waals surface area contributed by atoms with E-state index in [1.807, 2.05) is 14.0 Å². The molecule has 1 N–H and O–H groups in total. The minimum absolute atomic E-state index is 0.0151. The molecule has 1 aliphatic carbocycles. The van der Waals surface area contributed by atoms with Crippen molar-refractivity contribution in [1.82, 2.24) is 5.32 Å². The van der Waals surface area contributed by atoms with E-state index in [2.05, 4.69) is 12.2 Å². The molecule has 4 unspecified atom stereocenters. The quantitative estimate of drug-likeness (QED) is 0.928. The molecule has 0 heterocycles. The fourth-order valence-electron chi connectivity index (χ4n) is 3.63. The number of hydrogen-bond acceptors (Lipinski definition) is 4. The summed E-state index contributed by atoms with van der Waals surface area (Å²) in [6.07, 6.45) is 1.83. The van der Waals surface area contributed by atoms with E-state index in [1.165, 1.54) is 7.11 Å². The molecule has 0 aliphatic heterocycles. The SMILES string of the molecule is CNC1CC(C)CC(C)C1S(=O)(=O)c1ccccc1OC. The predicted molar refractivity (Wildman–Crippen MR) is 84.4 cm³/mol. The van der Waals surface area contributed by atoms with Crippen LogP contribution in [0.2, 0.25) is 0 Å². The van der Waals surface area contributed by atoms with Crippen LogP contribution in [-0.4, -0.2) is 33.9 Å². The Labute approximate surface area is 127 Å². The summed E-state index contributed by atoms with van der Waals surface area (Å²) < 4.78 is 31.5. The largest absolute Gasteiger partial charge is 0.495 e. The first-order valence-electron chi connectivity index (χ1n) is 7.46. The lowest BCUT2D eigenvalue weighted by Gasteiger charge is -2.39. The maximum atomic E-state index is 13.1. The summed E-state index contributed by atoms with van der Waals surface area (Å²) in [6.45, 7) is 4.23. The van der Waals surface area contributed by atoms with Gasteiger partial charge in [-0.1, -0.05) is 26.0 Å². The van der Waals surface area contributed by atoms with Crippen LogP contribution in [0.15, 0.2) is 29.2 Å². The minimum Gasteiger partial charge on any atom is -0.495 e. The van der Waals surface area contributed by atoms with Crippen molar-refractivity contribution in [3.05, 3.63) is 24.3 Å². The number of benzene rings is 1. The maximum Gasteiger partial charge on any atom is 0.186 e. The van der Waals surface area contributed by atoms with Gasteiger partial charge in [-0.3, -0.25) is 0 Å². The molecule has 4 nitrogen and oxygen atoms in total. The van der Waals surface area contributed by atoms with Gasteiger partial charge in [0.2, 0.25) is 0 Å². The molecule has 2 rings (SSSR count). The first kappa shape index (κ1) is 16.3. The van der Waals surface area contributed by atoms with Crippen molar-refractivity contribution in [2.75, 3.05) is 14.2 Å². The number of ether oxygens (including phenoxy) is 1. The van der Waals surface area contributed by atoms with E-state index in [9.17, 15) is 8.42 Å². The molecule has 1 aromatic rings. The number of hydrogen-bond donors (Lipinski definition) is 1. The standard InChI is InChI=1S/C16H25NO3S/c1-11-9-12(2)16(13(10-11)17-3)21(18,19)15-8-6-5-7-14(15)20-4/h5-8,11-13,16-17H,9-10H2,1-4H3. The summed E-state index contributed by atoms with van der Waals surface area (Å²) in [5.74, 6) is 1.10. The molecule has 0 radical (unpaired) electrons. The van der Waals surface area contributed by atoms with Crippen molar-refractivity contribution >= 4 is 9.84 Å². The van der Waals surface area contributed by atoms with Gasteiger partial charge in [-0.25, -0.2) is 8.42 Å². The Kier molecular flexibility index (Phi) is 4.94. The van der Waals surface area contributed by atoms with E-state index in [-0.39, 0.29) is 12.0 Å². The summed E-state index contributed by atoms with van der Waals surface area (Å²) in [4.78, 5) is 0.305. The van der Waals surface area contributed by atoms with Gasteiger partial charge >= 0.3 is 0 Å². The molecule has 1 aliphatic rings. The van der Waals surface area contributed by atoms with Gasteiger partial charge in [-0.2, -0.15) is 0 Å². The lowest BCUT2D eigenvalue weighted by atomic mass is 9.80. The minimum atomic E-state index is -3.43. The summed E-state index contributed by atoms with van der Waals surface area (Å²) in [5, 5.41) is 2.80. The molecule has 0 aromatic heterocycles. The first-order valence-corrected chi connectivity index (χ1v) is 9.00. The van der Waals surface area contributed by atoms with Gasteiger partial charge in [0.1, 0.15) is 10.6 Å². The molecular formula is C16H25NO3S. The average Bonchev–Trinajstić information content (AvgIpc) is 2.45. The lowest BCUT2D eigenvalue weighted by molar-refractivity contribution is 0.249. The number of sulfone groups is 1. The van der Waals surface area contributed by atoms with Crippen LogP contribution in [0.3, 0.4) is 0 Å². The second-order valence-electron chi connectivity index (χ2n) is 6.11. The fourth-order valence-corrected chi connectivity index (χ4v) is 6.03. The van der Waals surface area contributed by atoms with E-state index >= 15 is 0 Å². The first-order chi connectivity index (χ1) is 9.91. The Bertz CT molecular complexity index is 585. The van der Waals surface area contributed by atoms with Crippen LogP contribution < -0.4 is 10.1 Å². The highest BCUT2D eigenvalue weighted by atomic mass is 32.2. The summed E-state index contributed by atoms with van der Waals surface area (Å²) in [6, 6.07) is 6.88. The van der Waals surface area contributed by atoms with E-state index in [0.717, 1.165) is 12.8 Å². The van der Waals surface area contributed by atoms with Crippen molar-refractivity contribution in [1.29, 1.82) is 0 Å². The van der Waals surface area contributed by atoms with Crippen molar-refractivity contribution in [3.63, 3.8) is 0 Å². The van der Waals surface area contributed by atoms with E-state index in [1.54, 1.807) is 24.3 Å². The molecule has 0 saturated heterocycles. The van der Waals surface area contributed by atoms with Crippen LogP contribution in [0.1, 0.15) is 26.7 Å².